The summed E-state index contributed by atoms with van der Waals surface area (Å²) in [6.07, 6.45) is -12.2. The van der Waals surface area contributed by atoms with E-state index in [1.807, 2.05) is 0 Å². The van der Waals surface area contributed by atoms with E-state index in [0.29, 0.717) is 17.2 Å². The van der Waals surface area contributed by atoms with E-state index in [1.165, 1.54) is 12.1 Å². The van der Waals surface area contributed by atoms with Crippen LogP contribution in [-0.2, 0) is 32.3 Å². The summed E-state index contributed by atoms with van der Waals surface area (Å²) in [5.74, 6) is -1.80. The molecule has 5 nitrogen and oxygen atoms in total. The third-order valence-corrected chi connectivity index (χ3v) is 6.96. The molecule has 0 bridgehead atoms. The number of hydrogen-bond donors (Lipinski definition) is 2. The van der Waals surface area contributed by atoms with E-state index in [0.717, 1.165) is 6.07 Å². The monoisotopic (exact) mass is 513 g/mol. The molecule has 0 atom stereocenters. The van der Waals surface area contributed by atoms with Gasteiger partial charge in [0.2, 0.25) is 0 Å². The van der Waals surface area contributed by atoms with Crippen molar-refractivity contribution in [1.29, 1.82) is 0 Å². The molecule has 0 saturated carbocycles. The topological polar surface area (TPSA) is 83.5 Å². The lowest BCUT2D eigenvalue weighted by atomic mass is 9.72. The molecule has 0 spiro atoms. The van der Waals surface area contributed by atoms with E-state index < -0.39 is 50.5 Å². The van der Waals surface area contributed by atoms with Crippen LogP contribution < -0.4 is 4.72 Å². The van der Waals surface area contributed by atoms with Crippen LogP contribution in [0.5, 0.6) is 0 Å². The number of carbonyl (C=O) groups excluding carboxylic acids is 1. The largest absolute Gasteiger partial charge is 0.430 e. The van der Waals surface area contributed by atoms with Crippen molar-refractivity contribution < 1.29 is 49.1 Å². The molecule has 2 aromatic rings. The molecule has 2 aromatic carbocycles. The molecule has 13 heteroatoms. The van der Waals surface area contributed by atoms with E-state index in [1.54, 1.807) is 18.6 Å². The Balaban J connectivity index is 1.99. The number of nitrogens with one attached hydrogen (secondary N) is 1. The van der Waals surface area contributed by atoms with E-state index >= 15 is 0 Å². The van der Waals surface area contributed by atoms with Crippen LogP contribution in [0.4, 0.5) is 36.4 Å². The van der Waals surface area contributed by atoms with E-state index in [2.05, 4.69) is 0 Å². The average Bonchev–Trinajstić information content (AvgIpc) is 2.66. The second kappa shape index (κ2) is 7.94. The summed E-state index contributed by atoms with van der Waals surface area (Å²) in [4.78, 5) is 11.5. The average molecular weight is 513 g/mol. The van der Waals surface area contributed by atoms with Crippen LogP contribution >= 0.6 is 0 Å². The van der Waals surface area contributed by atoms with Gasteiger partial charge in [0.05, 0.1) is 10.6 Å². The van der Waals surface area contributed by atoms with Crippen molar-refractivity contribution in [2.24, 2.45) is 0 Å². The number of hydrogen-bond acceptors (Lipinski definition) is 4. The van der Waals surface area contributed by atoms with Crippen LogP contribution in [0.3, 0.4) is 0 Å². The normalized spacial score (nSPS) is 16.8. The Kier molecular flexibility index (Phi) is 6.06. The Hall–Kier alpha value is -2.67. The fourth-order valence-corrected chi connectivity index (χ4v) is 4.98. The Morgan fingerprint density at radius 2 is 1.56 bits per heavy atom. The molecule has 0 aromatic heterocycles. The van der Waals surface area contributed by atoms with Gasteiger partial charge < -0.3 is 5.11 Å². The molecular formula is C21H18F7NO4S. The minimum absolute atomic E-state index is 0.0361. The summed E-state index contributed by atoms with van der Waals surface area (Å²) in [6, 6.07) is 4.08. The molecule has 0 amide bonds. The number of anilines is 1. The van der Waals surface area contributed by atoms with E-state index in [-0.39, 0.29) is 35.7 Å². The van der Waals surface area contributed by atoms with Gasteiger partial charge in [-0.3, -0.25) is 9.52 Å². The maximum absolute atomic E-state index is 14.4. The third-order valence-electron chi connectivity index (χ3n) is 5.60. The first-order chi connectivity index (χ1) is 15.3. The number of Topliss-reactive ketones (excluding diaryl/α,β-unsaturated/α-hetero) is 1. The Labute approximate surface area is 189 Å². The molecule has 2 N–H and O–H groups in total. The smallest absolute Gasteiger partial charge is 0.369 e. The lowest BCUT2D eigenvalue weighted by Crippen LogP contribution is -2.54. The summed E-state index contributed by atoms with van der Waals surface area (Å²) >= 11 is 0. The summed E-state index contributed by atoms with van der Waals surface area (Å²) in [5.41, 5.74) is -7.68. The standard InChI is InChI=1S/C21H18F7NO4S/c1-18(2)10-13(30)7-11-3-5-14(9-15(11)18)34(32,33)29-17-6-4-12(8-16(17)22)19(31,20(23,24)25)21(26,27)28/h3-6,8-9,29,31H,7,10H2,1-2H3. The number of fused-ring (bicyclic) bond motifs is 1. The highest BCUT2D eigenvalue weighted by Crippen LogP contribution is 2.50. The molecule has 34 heavy (non-hydrogen) atoms. The highest BCUT2D eigenvalue weighted by atomic mass is 32.2. The zero-order valence-electron chi connectivity index (χ0n) is 17.6. The molecular weight excluding hydrogens is 495 g/mol. The molecule has 0 saturated heterocycles. The summed E-state index contributed by atoms with van der Waals surface area (Å²) in [6.45, 7) is 3.46. The van der Waals surface area contributed by atoms with Crippen molar-refractivity contribution in [2.75, 3.05) is 4.72 Å². The molecule has 1 aliphatic rings. The lowest BCUT2D eigenvalue weighted by Gasteiger charge is -2.32. The molecule has 0 unspecified atom stereocenters. The van der Waals surface area contributed by atoms with Gasteiger partial charge in [0.15, 0.2) is 0 Å². The van der Waals surface area contributed by atoms with Gasteiger partial charge in [0, 0.05) is 18.4 Å². The van der Waals surface area contributed by atoms with Gasteiger partial charge in [-0.15, -0.1) is 0 Å². The Morgan fingerprint density at radius 3 is 2.09 bits per heavy atom. The van der Waals surface area contributed by atoms with Crippen LogP contribution in [0.1, 0.15) is 37.0 Å². The number of halogens is 7. The maximum atomic E-state index is 14.4. The van der Waals surface area contributed by atoms with Gasteiger partial charge in [0.25, 0.3) is 15.6 Å². The number of carbonyl (C=O) groups is 1. The van der Waals surface area contributed by atoms with Gasteiger partial charge in [-0.1, -0.05) is 26.0 Å². The first-order valence-electron chi connectivity index (χ1n) is 9.63. The van der Waals surface area contributed by atoms with Crippen LogP contribution in [0, 0.1) is 5.82 Å². The van der Waals surface area contributed by atoms with Gasteiger partial charge in [-0.25, -0.2) is 12.8 Å². The van der Waals surface area contributed by atoms with Crippen LogP contribution in [0.15, 0.2) is 41.3 Å². The van der Waals surface area contributed by atoms with Gasteiger partial charge in [0.1, 0.15) is 11.6 Å². The molecule has 0 aliphatic heterocycles. The second-order valence-electron chi connectivity index (χ2n) is 8.60. The van der Waals surface area contributed by atoms with Crippen molar-refractivity contribution in [1.82, 2.24) is 0 Å². The third kappa shape index (κ3) is 4.38. The molecule has 186 valence electrons. The first-order valence-corrected chi connectivity index (χ1v) is 11.1. The SMILES string of the molecule is CC1(C)CC(=O)Cc2ccc(S(=O)(=O)Nc3ccc(C(O)(C(F)(F)F)C(F)(F)F)cc3F)cc21. The zero-order valence-corrected chi connectivity index (χ0v) is 18.4. The van der Waals surface area contributed by atoms with Crippen molar-refractivity contribution in [3.63, 3.8) is 0 Å². The van der Waals surface area contributed by atoms with Crippen LogP contribution in [-0.4, -0.2) is 31.7 Å². The Bertz CT molecular complexity index is 1240. The van der Waals surface area contributed by atoms with Crippen molar-refractivity contribution >= 4 is 21.5 Å². The number of sulfonamides is 1. The van der Waals surface area contributed by atoms with Gasteiger partial charge >= 0.3 is 12.4 Å². The minimum Gasteiger partial charge on any atom is -0.369 e. The quantitative estimate of drug-likeness (QED) is 0.579. The predicted octanol–water partition coefficient (Wildman–Crippen LogP) is 4.73. The van der Waals surface area contributed by atoms with Gasteiger partial charge in [-0.05, 0) is 40.8 Å². The number of ketones is 1. The lowest BCUT2D eigenvalue weighted by molar-refractivity contribution is -0.376. The summed E-state index contributed by atoms with van der Waals surface area (Å²) in [5, 5.41) is 9.38. The highest BCUT2D eigenvalue weighted by molar-refractivity contribution is 7.92. The Morgan fingerprint density at radius 1 is 0.971 bits per heavy atom. The van der Waals surface area contributed by atoms with Crippen molar-refractivity contribution in [3.8, 4) is 0 Å². The number of rotatable bonds is 4. The second-order valence-corrected chi connectivity index (χ2v) is 10.3. The fourth-order valence-electron chi connectivity index (χ4n) is 3.88. The van der Waals surface area contributed by atoms with Crippen molar-refractivity contribution in [3.05, 3.63) is 58.9 Å². The summed E-state index contributed by atoms with van der Waals surface area (Å²) < 4.78 is 120. The van der Waals surface area contributed by atoms with E-state index in [4.69, 9.17) is 0 Å². The fraction of sp³-hybridized carbons (Fsp3) is 0.381. The van der Waals surface area contributed by atoms with Gasteiger partial charge in [-0.2, -0.15) is 26.3 Å². The molecule has 0 fully saturated rings. The van der Waals surface area contributed by atoms with E-state index in [9.17, 15) is 49.1 Å². The number of benzene rings is 2. The highest BCUT2D eigenvalue weighted by Gasteiger charge is 2.71. The molecule has 1 aliphatic carbocycles. The number of aliphatic hydroxyl groups is 1. The number of alkyl halides is 6. The predicted molar refractivity (Wildman–Crippen MR) is 106 cm³/mol. The molecule has 3 rings (SSSR count). The van der Waals surface area contributed by atoms with Crippen molar-refractivity contribution in [2.45, 2.75) is 55.0 Å². The molecule has 0 radical (unpaired) electrons. The van der Waals surface area contributed by atoms with Crippen LogP contribution in [0.2, 0.25) is 0 Å². The zero-order chi connectivity index (χ0) is 25.9. The maximum Gasteiger partial charge on any atom is 0.430 e. The van der Waals surface area contributed by atoms with Crippen LogP contribution in [0.25, 0.3) is 0 Å². The summed E-state index contributed by atoms with van der Waals surface area (Å²) in [7, 11) is -4.52. The minimum atomic E-state index is -6.23. The first kappa shape index (κ1) is 25.9. The molecule has 0 heterocycles.